The number of hydrogen-bond donors (Lipinski definition) is 1. The molecule has 0 radical (unpaired) electrons. The zero-order valence-corrected chi connectivity index (χ0v) is 14.4. The lowest BCUT2D eigenvalue weighted by molar-refractivity contribution is 0.101. The highest BCUT2D eigenvalue weighted by Gasteiger charge is 2.15. The van der Waals surface area contributed by atoms with Gasteiger partial charge >= 0.3 is 0 Å². The van der Waals surface area contributed by atoms with Crippen molar-refractivity contribution in [3.8, 4) is 0 Å². The van der Waals surface area contributed by atoms with Gasteiger partial charge in [0.1, 0.15) is 0 Å². The molecule has 1 aliphatic rings. The fourth-order valence-electron chi connectivity index (χ4n) is 3.16. The van der Waals surface area contributed by atoms with Gasteiger partial charge in [-0.1, -0.05) is 35.9 Å². The summed E-state index contributed by atoms with van der Waals surface area (Å²) in [6.07, 6.45) is 4.85. The summed E-state index contributed by atoms with van der Waals surface area (Å²) >= 11 is 0. The first-order valence-electron chi connectivity index (χ1n) is 8.31. The standard InChI is InChI=1S/C14H15NO.C7H8.H2O.3H2/c1-9(16)10-6-7-14-12(8-10)11-4-2-3-5-13(11)15-14;1-7-5-3-2-4-6-7;;;;/h6-8,15H,2-5H2,1H3;2-6H,1H3;1H2;3*1H. The van der Waals surface area contributed by atoms with E-state index in [0.717, 1.165) is 18.4 Å². The third kappa shape index (κ3) is 3.92. The zero-order valence-electron chi connectivity index (χ0n) is 14.4. The molecule has 3 aromatic rings. The Morgan fingerprint density at radius 2 is 1.75 bits per heavy atom. The zero-order chi connectivity index (χ0) is 16.2. The number of carbonyl (C=O) groups excluding carboxylic acids is 1. The minimum absolute atomic E-state index is 0. The minimum atomic E-state index is 0. The van der Waals surface area contributed by atoms with Gasteiger partial charge in [-0.25, -0.2) is 0 Å². The molecule has 0 bridgehead atoms. The van der Waals surface area contributed by atoms with Crippen LogP contribution in [0.4, 0.5) is 0 Å². The molecule has 3 nitrogen and oxygen atoms in total. The summed E-state index contributed by atoms with van der Waals surface area (Å²) < 4.78 is 0. The van der Waals surface area contributed by atoms with E-state index in [4.69, 9.17) is 0 Å². The van der Waals surface area contributed by atoms with Crippen LogP contribution in [0, 0.1) is 6.92 Å². The van der Waals surface area contributed by atoms with E-state index in [1.165, 1.54) is 40.6 Å². The van der Waals surface area contributed by atoms with Crippen molar-refractivity contribution in [1.82, 2.24) is 4.98 Å². The fraction of sp³-hybridized carbons (Fsp3) is 0.286. The molecule has 0 unspecified atom stereocenters. The molecule has 1 aliphatic carbocycles. The number of ketones is 1. The van der Waals surface area contributed by atoms with Gasteiger partial charge in [-0.15, -0.1) is 0 Å². The highest BCUT2D eigenvalue weighted by Crippen LogP contribution is 2.29. The highest BCUT2D eigenvalue weighted by atomic mass is 16.1. The second-order valence-corrected chi connectivity index (χ2v) is 6.26. The first kappa shape index (κ1) is 18.0. The van der Waals surface area contributed by atoms with Crippen LogP contribution < -0.4 is 0 Å². The monoisotopic (exact) mass is 329 g/mol. The number of carbonyl (C=O) groups is 1. The number of fused-ring (bicyclic) bond motifs is 3. The van der Waals surface area contributed by atoms with E-state index in [-0.39, 0.29) is 15.5 Å². The van der Waals surface area contributed by atoms with Crippen LogP contribution in [0.25, 0.3) is 10.9 Å². The van der Waals surface area contributed by atoms with Gasteiger partial charge in [0, 0.05) is 26.4 Å². The van der Waals surface area contributed by atoms with Crippen molar-refractivity contribution < 1.29 is 14.6 Å². The number of aryl methyl sites for hydroxylation is 3. The van der Waals surface area contributed by atoms with Gasteiger partial charge < -0.3 is 10.5 Å². The maximum Gasteiger partial charge on any atom is 0.159 e. The van der Waals surface area contributed by atoms with Gasteiger partial charge in [0.2, 0.25) is 0 Å². The molecule has 0 fully saturated rings. The number of H-pyrrole nitrogens is 1. The molecule has 3 heteroatoms. The molecule has 2 aromatic carbocycles. The maximum absolute atomic E-state index is 11.4. The summed E-state index contributed by atoms with van der Waals surface area (Å²) in [4.78, 5) is 14.8. The van der Waals surface area contributed by atoms with Gasteiger partial charge in [0.15, 0.2) is 5.78 Å². The van der Waals surface area contributed by atoms with Crippen LogP contribution in [-0.2, 0) is 12.8 Å². The lowest BCUT2D eigenvalue weighted by Crippen LogP contribution is -2.00. The topological polar surface area (TPSA) is 64.4 Å². The number of rotatable bonds is 1. The summed E-state index contributed by atoms with van der Waals surface area (Å²) in [6.45, 7) is 3.71. The molecule has 0 saturated carbocycles. The second-order valence-electron chi connectivity index (χ2n) is 6.26. The molecule has 132 valence electrons. The van der Waals surface area contributed by atoms with Crippen LogP contribution in [0.15, 0.2) is 48.5 Å². The average Bonchev–Trinajstić information content (AvgIpc) is 2.94. The molecule has 1 aromatic heterocycles. The van der Waals surface area contributed by atoms with E-state index >= 15 is 0 Å². The Morgan fingerprint density at radius 1 is 1.04 bits per heavy atom. The van der Waals surface area contributed by atoms with Crippen molar-refractivity contribution in [2.45, 2.75) is 39.5 Å². The number of benzene rings is 2. The van der Waals surface area contributed by atoms with Crippen molar-refractivity contribution in [3.63, 3.8) is 0 Å². The summed E-state index contributed by atoms with van der Waals surface area (Å²) in [5, 5.41) is 1.25. The Bertz CT molecular complexity index is 832. The number of hydrogen-bond acceptors (Lipinski definition) is 1. The predicted molar refractivity (Wildman–Crippen MR) is 106 cm³/mol. The molecule has 0 amide bonds. The third-order valence-electron chi connectivity index (χ3n) is 4.45. The van der Waals surface area contributed by atoms with E-state index in [1.807, 2.05) is 36.4 Å². The van der Waals surface area contributed by atoms with Crippen LogP contribution in [0.1, 0.15) is 51.2 Å². The Morgan fingerprint density at radius 3 is 2.38 bits per heavy atom. The van der Waals surface area contributed by atoms with Crippen molar-refractivity contribution in [2.24, 2.45) is 0 Å². The SMILES string of the molecule is CC(=O)c1ccc2[nH]c3c(c2c1)CCCC3.Cc1ccccc1.O.[HH].[HH].[HH]. The van der Waals surface area contributed by atoms with Crippen molar-refractivity contribution in [2.75, 3.05) is 0 Å². The molecule has 1 heterocycles. The number of nitrogens with one attached hydrogen (secondary N) is 1. The van der Waals surface area contributed by atoms with Gasteiger partial charge in [-0.2, -0.15) is 0 Å². The van der Waals surface area contributed by atoms with Crippen molar-refractivity contribution in [1.29, 1.82) is 0 Å². The molecular weight excluding hydrogens is 298 g/mol. The molecule has 4 rings (SSSR count). The van der Waals surface area contributed by atoms with E-state index in [2.05, 4.69) is 24.0 Å². The first-order chi connectivity index (χ1) is 11.1. The summed E-state index contributed by atoms with van der Waals surface area (Å²) in [5.41, 5.74) is 6.13. The van der Waals surface area contributed by atoms with Gasteiger partial charge in [0.05, 0.1) is 0 Å². The largest absolute Gasteiger partial charge is 0.412 e. The molecular formula is C21H31NO2. The Labute approximate surface area is 147 Å². The molecule has 0 spiro atoms. The van der Waals surface area contributed by atoms with Gasteiger partial charge in [-0.05, 0) is 63.3 Å². The summed E-state index contributed by atoms with van der Waals surface area (Å²) in [7, 11) is 0. The molecule has 0 saturated heterocycles. The first-order valence-corrected chi connectivity index (χ1v) is 8.31. The summed E-state index contributed by atoms with van der Waals surface area (Å²) in [5.74, 6) is 0.146. The van der Waals surface area contributed by atoms with Crippen LogP contribution >= 0.6 is 0 Å². The number of Topliss-reactive ketones (excluding diaryl/α,β-unsaturated/α-hetero) is 1. The van der Waals surface area contributed by atoms with Crippen molar-refractivity contribution in [3.05, 3.63) is 70.9 Å². The number of aromatic amines is 1. The van der Waals surface area contributed by atoms with E-state index in [0.29, 0.717) is 0 Å². The van der Waals surface area contributed by atoms with Crippen LogP contribution in [0.3, 0.4) is 0 Å². The highest BCUT2D eigenvalue weighted by molar-refractivity contribution is 5.99. The van der Waals surface area contributed by atoms with Crippen LogP contribution in [0.5, 0.6) is 0 Å². The minimum Gasteiger partial charge on any atom is -0.412 e. The lowest BCUT2D eigenvalue weighted by atomic mass is 9.95. The van der Waals surface area contributed by atoms with Gasteiger partial charge in [0.25, 0.3) is 0 Å². The van der Waals surface area contributed by atoms with E-state index in [1.54, 1.807) is 6.92 Å². The lowest BCUT2D eigenvalue weighted by Gasteiger charge is -2.10. The quantitative estimate of drug-likeness (QED) is 0.616. The molecule has 0 aliphatic heterocycles. The van der Waals surface area contributed by atoms with Gasteiger partial charge in [-0.3, -0.25) is 4.79 Å². The van der Waals surface area contributed by atoms with E-state index < -0.39 is 0 Å². The number of aromatic nitrogens is 1. The fourth-order valence-corrected chi connectivity index (χ4v) is 3.16. The van der Waals surface area contributed by atoms with Crippen LogP contribution in [0.2, 0.25) is 0 Å². The normalized spacial score (nSPS) is 12.6. The third-order valence-corrected chi connectivity index (χ3v) is 4.45. The van der Waals surface area contributed by atoms with Crippen LogP contribution in [-0.4, -0.2) is 16.2 Å². The van der Waals surface area contributed by atoms with Crippen molar-refractivity contribution >= 4 is 16.7 Å². The van der Waals surface area contributed by atoms with E-state index in [9.17, 15) is 4.79 Å². The molecule has 24 heavy (non-hydrogen) atoms. The summed E-state index contributed by atoms with van der Waals surface area (Å²) in [6, 6.07) is 16.2. The smallest absolute Gasteiger partial charge is 0.159 e. The second kappa shape index (κ2) is 7.93. The Balaban J connectivity index is 0. The predicted octanol–water partition coefficient (Wildman–Crippen LogP) is 5.16. The Hall–Kier alpha value is -2.39. The Kier molecular flexibility index (Phi) is 5.93. The molecule has 0 atom stereocenters. The molecule has 3 N–H and O–H groups in total. The average molecular weight is 329 g/mol. The maximum atomic E-state index is 11.4.